The van der Waals surface area contributed by atoms with E-state index in [1.165, 1.54) is 28.4 Å². The molecule has 3 aliphatic rings. The summed E-state index contributed by atoms with van der Waals surface area (Å²) in [4.78, 5) is 14.3. The van der Waals surface area contributed by atoms with Crippen molar-refractivity contribution in [3.05, 3.63) is 58.4 Å². The van der Waals surface area contributed by atoms with E-state index in [4.69, 9.17) is 21.3 Å². The second kappa shape index (κ2) is 7.60. The Hall–Kier alpha value is -2.37. The molecule has 1 atom stereocenters. The summed E-state index contributed by atoms with van der Waals surface area (Å²) in [5, 5.41) is 3.19. The highest BCUT2D eigenvalue weighted by Crippen LogP contribution is 2.55. The third-order valence-electron chi connectivity index (χ3n) is 7.65. The van der Waals surface area contributed by atoms with Crippen molar-refractivity contribution in [1.29, 1.82) is 0 Å². The fraction of sp³-hybridized carbons (Fsp3) is 0.462. The maximum Gasteiger partial charge on any atom is 0.318 e. The molecule has 2 aliphatic heterocycles. The monoisotopic (exact) mass is 448 g/mol. The SMILES string of the molecule is Cc1cccc2cccc(N3Cc4nc(OC[C@@H]5CCCN5C)nc(Cl)c4C4(CC4)C3)c12. The van der Waals surface area contributed by atoms with Crippen molar-refractivity contribution in [3.8, 4) is 6.01 Å². The van der Waals surface area contributed by atoms with Crippen molar-refractivity contribution in [1.82, 2.24) is 14.9 Å². The van der Waals surface area contributed by atoms with Gasteiger partial charge in [-0.25, -0.2) is 0 Å². The lowest BCUT2D eigenvalue weighted by Gasteiger charge is -2.37. The Labute approximate surface area is 194 Å². The minimum Gasteiger partial charge on any atom is -0.462 e. The van der Waals surface area contributed by atoms with Crippen molar-refractivity contribution in [2.45, 2.75) is 50.6 Å². The summed E-state index contributed by atoms with van der Waals surface area (Å²) in [6, 6.07) is 14.0. The van der Waals surface area contributed by atoms with E-state index in [0.717, 1.165) is 50.2 Å². The number of hydrogen-bond acceptors (Lipinski definition) is 5. The molecule has 32 heavy (non-hydrogen) atoms. The van der Waals surface area contributed by atoms with Gasteiger partial charge >= 0.3 is 6.01 Å². The molecule has 6 rings (SSSR count). The van der Waals surface area contributed by atoms with Gasteiger partial charge in [-0.2, -0.15) is 9.97 Å². The fourth-order valence-corrected chi connectivity index (χ4v) is 6.08. The normalized spacial score (nSPS) is 21.8. The van der Waals surface area contributed by atoms with Crippen LogP contribution < -0.4 is 9.64 Å². The van der Waals surface area contributed by atoms with Crippen molar-refractivity contribution in [3.63, 3.8) is 0 Å². The Morgan fingerprint density at radius 1 is 1.16 bits per heavy atom. The first-order valence-electron chi connectivity index (χ1n) is 11.7. The Balaban J connectivity index is 1.35. The van der Waals surface area contributed by atoms with Crippen LogP contribution in [0.5, 0.6) is 6.01 Å². The van der Waals surface area contributed by atoms with Crippen LogP contribution >= 0.6 is 11.6 Å². The standard InChI is InChI=1S/C26H29ClN4O/c1-17-6-3-7-18-8-4-10-21(22(17)18)31-14-20-23(26(16-31)11-12-26)24(27)29-25(28-20)32-15-19-9-5-13-30(19)2/h3-4,6-8,10,19H,5,9,11-16H2,1-2H3/t19-/m0/s1. The van der Waals surface area contributed by atoms with E-state index in [1.807, 2.05) is 0 Å². The first-order chi connectivity index (χ1) is 15.5. The minimum atomic E-state index is 0.0692. The lowest BCUT2D eigenvalue weighted by atomic mass is 9.90. The van der Waals surface area contributed by atoms with Crippen molar-refractivity contribution in [2.24, 2.45) is 0 Å². The molecule has 1 saturated carbocycles. The smallest absolute Gasteiger partial charge is 0.318 e. The highest BCUT2D eigenvalue weighted by Gasteiger charge is 2.52. The molecule has 3 aromatic rings. The van der Waals surface area contributed by atoms with Gasteiger partial charge in [0.1, 0.15) is 11.8 Å². The van der Waals surface area contributed by atoms with Gasteiger partial charge in [0.25, 0.3) is 0 Å². The van der Waals surface area contributed by atoms with Gasteiger partial charge in [-0.05, 0) is 63.2 Å². The summed E-state index contributed by atoms with van der Waals surface area (Å²) in [5.74, 6) is 0. The summed E-state index contributed by atoms with van der Waals surface area (Å²) < 4.78 is 6.06. The zero-order valence-corrected chi connectivity index (χ0v) is 19.5. The fourth-order valence-electron chi connectivity index (χ4n) is 5.70. The summed E-state index contributed by atoms with van der Waals surface area (Å²) in [6.45, 7) is 5.63. The predicted octanol–water partition coefficient (Wildman–Crippen LogP) is 5.12. The molecule has 1 spiro atoms. The van der Waals surface area contributed by atoms with Gasteiger partial charge in [-0.3, -0.25) is 0 Å². The zero-order chi connectivity index (χ0) is 21.9. The lowest BCUT2D eigenvalue weighted by molar-refractivity contribution is 0.187. The predicted molar refractivity (Wildman–Crippen MR) is 129 cm³/mol. The van der Waals surface area contributed by atoms with E-state index in [9.17, 15) is 0 Å². The molecule has 5 nitrogen and oxygen atoms in total. The van der Waals surface area contributed by atoms with Crippen molar-refractivity contribution in [2.75, 3.05) is 31.6 Å². The van der Waals surface area contributed by atoms with Crippen LogP contribution in [-0.2, 0) is 12.0 Å². The molecule has 0 radical (unpaired) electrons. The van der Waals surface area contributed by atoms with Gasteiger partial charge in [-0.15, -0.1) is 0 Å². The number of rotatable bonds is 4. The summed E-state index contributed by atoms with van der Waals surface area (Å²) in [7, 11) is 2.16. The van der Waals surface area contributed by atoms with E-state index >= 15 is 0 Å². The van der Waals surface area contributed by atoms with E-state index in [0.29, 0.717) is 23.8 Å². The van der Waals surface area contributed by atoms with Crippen LogP contribution in [0, 0.1) is 6.92 Å². The Morgan fingerprint density at radius 3 is 2.72 bits per heavy atom. The van der Waals surface area contributed by atoms with Gasteiger partial charge < -0.3 is 14.5 Å². The van der Waals surface area contributed by atoms with Crippen LogP contribution in [0.4, 0.5) is 5.69 Å². The molecule has 1 saturated heterocycles. The maximum absolute atomic E-state index is 6.75. The number of aryl methyl sites for hydroxylation is 1. The Morgan fingerprint density at radius 2 is 1.97 bits per heavy atom. The number of likely N-dealkylation sites (N-methyl/N-ethyl adjacent to an activating group) is 1. The van der Waals surface area contributed by atoms with Crippen LogP contribution in [-0.4, -0.2) is 47.7 Å². The van der Waals surface area contributed by atoms with E-state index in [1.54, 1.807) is 0 Å². The van der Waals surface area contributed by atoms with Crippen LogP contribution in [0.15, 0.2) is 36.4 Å². The molecule has 2 aromatic carbocycles. The number of likely N-dealkylation sites (tertiary alicyclic amines) is 1. The summed E-state index contributed by atoms with van der Waals surface area (Å²) in [5.41, 5.74) is 4.83. The van der Waals surface area contributed by atoms with Gasteiger partial charge in [0.05, 0.1) is 12.2 Å². The molecule has 2 fully saturated rings. The van der Waals surface area contributed by atoms with E-state index in [2.05, 4.69) is 65.2 Å². The first kappa shape index (κ1) is 20.3. The van der Waals surface area contributed by atoms with Crippen LogP contribution in [0.25, 0.3) is 10.8 Å². The Kier molecular flexibility index (Phi) is 4.81. The van der Waals surface area contributed by atoms with Gasteiger partial charge in [0, 0.05) is 34.6 Å². The number of hydrogen-bond donors (Lipinski definition) is 0. The highest BCUT2D eigenvalue weighted by molar-refractivity contribution is 6.30. The number of halogens is 1. The molecule has 6 heteroatoms. The van der Waals surface area contributed by atoms with Crippen molar-refractivity contribution < 1.29 is 4.74 Å². The third kappa shape index (κ3) is 3.34. The molecular formula is C26H29ClN4O. The molecule has 1 aromatic heterocycles. The average molecular weight is 449 g/mol. The second-order valence-electron chi connectivity index (χ2n) is 9.79. The second-order valence-corrected chi connectivity index (χ2v) is 10.2. The largest absolute Gasteiger partial charge is 0.462 e. The number of fused-ring (bicyclic) bond motifs is 3. The molecular weight excluding hydrogens is 420 g/mol. The number of nitrogens with zero attached hydrogens (tertiary/aromatic N) is 4. The summed E-state index contributed by atoms with van der Waals surface area (Å²) >= 11 is 6.75. The number of ether oxygens (including phenoxy) is 1. The van der Waals surface area contributed by atoms with Gasteiger partial charge in [0.15, 0.2) is 0 Å². The molecule has 1 aliphatic carbocycles. The minimum absolute atomic E-state index is 0.0692. The molecule has 166 valence electrons. The average Bonchev–Trinajstić information content (AvgIpc) is 3.41. The maximum atomic E-state index is 6.75. The lowest BCUT2D eigenvalue weighted by Crippen LogP contribution is -2.39. The number of aromatic nitrogens is 2. The summed E-state index contributed by atoms with van der Waals surface area (Å²) in [6.07, 6.45) is 4.65. The molecule has 0 bridgehead atoms. The number of anilines is 1. The first-order valence-corrected chi connectivity index (χ1v) is 12.1. The Bertz CT molecular complexity index is 1190. The van der Waals surface area contributed by atoms with E-state index in [-0.39, 0.29) is 5.41 Å². The zero-order valence-electron chi connectivity index (χ0n) is 18.8. The van der Waals surface area contributed by atoms with Crippen molar-refractivity contribution >= 4 is 28.1 Å². The topological polar surface area (TPSA) is 41.5 Å². The molecule has 0 N–H and O–H groups in total. The number of benzene rings is 2. The molecule has 3 heterocycles. The van der Waals surface area contributed by atoms with Crippen LogP contribution in [0.1, 0.15) is 42.5 Å². The molecule has 0 unspecified atom stereocenters. The van der Waals surface area contributed by atoms with Crippen LogP contribution in [0.3, 0.4) is 0 Å². The highest BCUT2D eigenvalue weighted by atomic mass is 35.5. The third-order valence-corrected chi connectivity index (χ3v) is 7.92. The quantitative estimate of drug-likeness (QED) is 0.518. The molecule has 0 amide bonds. The van der Waals surface area contributed by atoms with Crippen LogP contribution in [0.2, 0.25) is 5.15 Å². The van der Waals surface area contributed by atoms with Gasteiger partial charge in [0.2, 0.25) is 0 Å². The van der Waals surface area contributed by atoms with E-state index < -0.39 is 0 Å². The van der Waals surface area contributed by atoms with Gasteiger partial charge in [-0.1, -0.05) is 41.9 Å².